The maximum Gasteiger partial charge on any atom is 0.269 e. The van der Waals surface area contributed by atoms with Crippen LogP contribution in [0.15, 0.2) is 103 Å². The standard InChI is InChI=1S/C33H28N4O5/c1-34-31(38)21-24-7-6-20-36(30-11-5-4-9-28(24)30)33(40)23-12-16-25(17-13-23)35-32(39)29-10-3-2-8-27(29)22-14-18-26(19-15-22)37(41)42/h2-5,7-19H,6,20-21H2,1H3,(H,34,38)(H,35,39). The molecule has 9 nitrogen and oxygen atoms in total. The molecule has 0 aliphatic carbocycles. The molecule has 0 unspecified atom stereocenters. The van der Waals surface area contributed by atoms with Gasteiger partial charge < -0.3 is 15.5 Å². The van der Waals surface area contributed by atoms with Crippen molar-refractivity contribution < 1.29 is 19.3 Å². The smallest absolute Gasteiger partial charge is 0.269 e. The summed E-state index contributed by atoms with van der Waals surface area (Å²) in [7, 11) is 1.60. The summed E-state index contributed by atoms with van der Waals surface area (Å²) < 4.78 is 0. The third-order valence-corrected chi connectivity index (χ3v) is 7.11. The van der Waals surface area contributed by atoms with Crippen molar-refractivity contribution in [3.63, 3.8) is 0 Å². The summed E-state index contributed by atoms with van der Waals surface area (Å²) in [5, 5.41) is 16.6. The molecule has 0 bridgehead atoms. The summed E-state index contributed by atoms with van der Waals surface area (Å²) in [6.07, 6.45) is 2.85. The SMILES string of the molecule is CNC(=O)CC1=CCCN(C(=O)c2ccc(NC(=O)c3ccccc3-c3ccc([N+](=O)[O-])cc3)cc2)c2ccccc21. The third-order valence-electron chi connectivity index (χ3n) is 7.11. The summed E-state index contributed by atoms with van der Waals surface area (Å²) in [6.45, 7) is 0.463. The number of anilines is 2. The van der Waals surface area contributed by atoms with Crippen LogP contribution in [0.4, 0.5) is 17.1 Å². The Kier molecular flexibility index (Phi) is 8.19. The van der Waals surface area contributed by atoms with Crippen LogP contribution < -0.4 is 15.5 Å². The van der Waals surface area contributed by atoms with Gasteiger partial charge in [0, 0.05) is 48.1 Å². The zero-order valence-electron chi connectivity index (χ0n) is 22.9. The fourth-order valence-corrected chi connectivity index (χ4v) is 4.96. The monoisotopic (exact) mass is 560 g/mol. The fourth-order valence-electron chi connectivity index (χ4n) is 4.96. The number of nitrogens with zero attached hydrogens (tertiary/aromatic N) is 2. The van der Waals surface area contributed by atoms with E-state index < -0.39 is 4.92 Å². The highest BCUT2D eigenvalue weighted by Gasteiger charge is 2.24. The molecular formula is C33H28N4O5. The highest BCUT2D eigenvalue weighted by atomic mass is 16.6. The van der Waals surface area contributed by atoms with Crippen LogP contribution in [0.25, 0.3) is 16.7 Å². The van der Waals surface area contributed by atoms with E-state index in [0.717, 1.165) is 16.8 Å². The van der Waals surface area contributed by atoms with E-state index in [2.05, 4.69) is 10.6 Å². The second kappa shape index (κ2) is 12.3. The largest absolute Gasteiger partial charge is 0.359 e. The highest BCUT2D eigenvalue weighted by Crippen LogP contribution is 2.33. The van der Waals surface area contributed by atoms with Gasteiger partial charge in [-0.05, 0) is 71.7 Å². The average Bonchev–Trinajstić information content (AvgIpc) is 3.20. The number of para-hydroxylation sites is 1. The van der Waals surface area contributed by atoms with Gasteiger partial charge in [0.2, 0.25) is 5.91 Å². The molecule has 5 rings (SSSR count). The lowest BCUT2D eigenvalue weighted by molar-refractivity contribution is -0.384. The lowest BCUT2D eigenvalue weighted by atomic mass is 9.99. The van der Waals surface area contributed by atoms with E-state index in [4.69, 9.17) is 0 Å². The summed E-state index contributed by atoms with van der Waals surface area (Å²) in [4.78, 5) is 51.2. The summed E-state index contributed by atoms with van der Waals surface area (Å²) in [5.41, 5.74) is 5.15. The lowest BCUT2D eigenvalue weighted by Crippen LogP contribution is -2.31. The van der Waals surface area contributed by atoms with Crippen LogP contribution in [0.3, 0.4) is 0 Å². The van der Waals surface area contributed by atoms with Gasteiger partial charge in [-0.1, -0.05) is 42.5 Å². The maximum absolute atomic E-state index is 13.6. The van der Waals surface area contributed by atoms with Crippen molar-refractivity contribution in [3.05, 3.63) is 130 Å². The molecule has 210 valence electrons. The van der Waals surface area contributed by atoms with E-state index in [1.165, 1.54) is 12.1 Å². The minimum absolute atomic E-state index is 0.0282. The molecule has 0 saturated heterocycles. The van der Waals surface area contributed by atoms with Gasteiger partial charge in [-0.25, -0.2) is 0 Å². The predicted molar refractivity (Wildman–Crippen MR) is 162 cm³/mol. The summed E-state index contributed by atoms with van der Waals surface area (Å²) >= 11 is 0. The van der Waals surface area contributed by atoms with Crippen molar-refractivity contribution in [1.82, 2.24) is 5.32 Å². The van der Waals surface area contributed by atoms with Crippen molar-refractivity contribution in [2.45, 2.75) is 12.8 Å². The molecule has 1 aliphatic heterocycles. The van der Waals surface area contributed by atoms with Gasteiger partial charge in [0.1, 0.15) is 0 Å². The molecule has 0 atom stereocenters. The van der Waals surface area contributed by atoms with Crippen LogP contribution in [0, 0.1) is 10.1 Å². The van der Waals surface area contributed by atoms with Crippen LogP contribution in [-0.4, -0.2) is 36.2 Å². The van der Waals surface area contributed by atoms with E-state index in [1.807, 2.05) is 30.3 Å². The van der Waals surface area contributed by atoms with Crippen LogP contribution >= 0.6 is 0 Å². The normalized spacial score (nSPS) is 12.4. The molecule has 0 radical (unpaired) electrons. The number of hydrogen-bond donors (Lipinski definition) is 2. The number of rotatable bonds is 7. The molecule has 0 fully saturated rings. The molecule has 4 aromatic rings. The van der Waals surface area contributed by atoms with Crippen LogP contribution in [0.5, 0.6) is 0 Å². The molecule has 0 aromatic heterocycles. The van der Waals surface area contributed by atoms with E-state index in [1.54, 1.807) is 72.6 Å². The number of non-ortho nitro benzene ring substituents is 1. The van der Waals surface area contributed by atoms with E-state index in [0.29, 0.717) is 40.9 Å². The number of fused-ring (bicyclic) bond motifs is 1. The Labute approximate surface area is 242 Å². The molecular weight excluding hydrogens is 532 g/mol. The second-order valence-corrected chi connectivity index (χ2v) is 9.72. The zero-order valence-corrected chi connectivity index (χ0v) is 22.9. The summed E-state index contributed by atoms with van der Waals surface area (Å²) in [5.74, 6) is -0.624. The first-order chi connectivity index (χ1) is 20.4. The topological polar surface area (TPSA) is 122 Å². The Bertz CT molecular complexity index is 1690. The Hall–Kier alpha value is -5.57. The van der Waals surface area contributed by atoms with Gasteiger partial charge in [0.25, 0.3) is 17.5 Å². The number of nitrogens with one attached hydrogen (secondary N) is 2. The van der Waals surface area contributed by atoms with Crippen LogP contribution in [-0.2, 0) is 4.79 Å². The van der Waals surface area contributed by atoms with Gasteiger partial charge in [-0.15, -0.1) is 0 Å². The summed E-state index contributed by atoms with van der Waals surface area (Å²) in [6, 6.07) is 27.3. The highest BCUT2D eigenvalue weighted by molar-refractivity contribution is 6.10. The van der Waals surface area contributed by atoms with Crippen molar-refractivity contribution in [1.29, 1.82) is 0 Å². The predicted octanol–water partition coefficient (Wildman–Crippen LogP) is 6.08. The van der Waals surface area contributed by atoms with Gasteiger partial charge in [0.05, 0.1) is 17.0 Å². The lowest BCUT2D eigenvalue weighted by Gasteiger charge is -2.24. The van der Waals surface area contributed by atoms with E-state index >= 15 is 0 Å². The number of amides is 3. The van der Waals surface area contributed by atoms with Gasteiger partial charge in [-0.2, -0.15) is 0 Å². The number of nitro groups is 1. The first kappa shape index (κ1) is 28.0. The van der Waals surface area contributed by atoms with E-state index in [9.17, 15) is 24.5 Å². The van der Waals surface area contributed by atoms with Gasteiger partial charge in [-0.3, -0.25) is 24.5 Å². The molecule has 3 amide bonds. The molecule has 1 heterocycles. The Morgan fingerprint density at radius 1 is 0.857 bits per heavy atom. The number of hydrogen-bond acceptors (Lipinski definition) is 5. The fraction of sp³-hybridized carbons (Fsp3) is 0.121. The first-order valence-corrected chi connectivity index (χ1v) is 13.4. The molecule has 0 saturated carbocycles. The molecule has 2 N–H and O–H groups in total. The Morgan fingerprint density at radius 3 is 2.21 bits per heavy atom. The van der Waals surface area contributed by atoms with E-state index in [-0.39, 0.29) is 29.8 Å². The minimum Gasteiger partial charge on any atom is -0.359 e. The first-order valence-electron chi connectivity index (χ1n) is 13.4. The number of carbonyl (C=O) groups is 3. The van der Waals surface area contributed by atoms with Crippen LogP contribution in [0.1, 0.15) is 39.1 Å². The molecule has 4 aromatic carbocycles. The minimum atomic E-state index is -0.468. The van der Waals surface area contributed by atoms with Gasteiger partial charge in [0.15, 0.2) is 0 Å². The van der Waals surface area contributed by atoms with Crippen molar-refractivity contribution >= 4 is 40.4 Å². The van der Waals surface area contributed by atoms with Crippen molar-refractivity contribution in [2.75, 3.05) is 23.8 Å². The third kappa shape index (κ3) is 5.95. The molecule has 42 heavy (non-hydrogen) atoms. The van der Waals surface area contributed by atoms with Gasteiger partial charge >= 0.3 is 0 Å². The van der Waals surface area contributed by atoms with Crippen LogP contribution in [0.2, 0.25) is 0 Å². The Morgan fingerprint density at radius 2 is 1.52 bits per heavy atom. The molecule has 0 spiro atoms. The second-order valence-electron chi connectivity index (χ2n) is 9.72. The van der Waals surface area contributed by atoms with Crippen molar-refractivity contribution in [2.24, 2.45) is 0 Å². The average molecular weight is 561 g/mol. The maximum atomic E-state index is 13.6. The number of carbonyl (C=O) groups excluding carboxylic acids is 3. The zero-order chi connectivity index (χ0) is 29.6. The molecule has 1 aliphatic rings. The number of benzene rings is 4. The van der Waals surface area contributed by atoms with Crippen molar-refractivity contribution in [3.8, 4) is 11.1 Å². The quantitative estimate of drug-likeness (QED) is 0.209. The Balaban J connectivity index is 1.33. The number of nitro benzene ring substituents is 1. The molecule has 9 heteroatoms.